The van der Waals surface area contributed by atoms with Crippen LogP contribution >= 0.6 is 0 Å². The smallest absolute Gasteiger partial charge is 0.189 e. The molecule has 1 aromatic heterocycles. The van der Waals surface area contributed by atoms with Crippen molar-refractivity contribution in [3.8, 4) is 0 Å². The van der Waals surface area contributed by atoms with Crippen molar-refractivity contribution in [1.29, 1.82) is 0 Å². The third-order valence-corrected chi connectivity index (χ3v) is 4.34. The van der Waals surface area contributed by atoms with Crippen molar-refractivity contribution < 1.29 is 4.79 Å². The number of carbonyl (C=O) groups is 1. The Kier molecular flexibility index (Phi) is 4.05. The summed E-state index contributed by atoms with van der Waals surface area (Å²) in [4.78, 5) is 16.5. The van der Waals surface area contributed by atoms with Gasteiger partial charge in [0, 0.05) is 33.9 Å². The zero-order chi connectivity index (χ0) is 17.1. The van der Waals surface area contributed by atoms with E-state index in [1.54, 1.807) is 0 Å². The van der Waals surface area contributed by atoms with Gasteiger partial charge in [-0.05, 0) is 18.2 Å². The maximum Gasteiger partial charge on any atom is 0.189 e. The summed E-state index contributed by atoms with van der Waals surface area (Å²) >= 11 is 0. The predicted octanol–water partition coefficient (Wildman–Crippen LogP) is 5.20. The van der Waals surface area contributed by atoms with E-state index in [1.165, 1.54) is 0 Å². The van der Waals surface area contributed by atoms with Crippen molar-refractivity contribution in [1.82, 2.24) is 4.98 Å². The standard InChI is InChI=1S/C22H18N2O/c25-22(16-9-3-1-4-10-16)21(24-17-11-5-2-6-12-17)19-15-23-20-14-8-7-13-18(19)20/h1-15,21,23-24H. The number of fused-ring (bicyclic) bond motifs is 1. The second-order valence-corrected chi connectivity index (χ2v) is 5.96. The molecule has 0 fully saturated rings. The largest absolute Gasteiger partial charge is 0.371 e. The van der Waals surface area contributed by atoms with Crippen LogP contribution in [0.2, 0.25) is 0 Å². The van der Waals surface area contributed by atoms with E-state index in [0.29, 0.717) is 5.56 Å². The van der Waals surface area contributed by atoms with Crippen LogP contribution in [0.15, 0.2) is 91.1 Å². The lowest BCUT2D eigenvalue weighted by Gasteiger charge is -2.19. The number of H-pyrrole nitrogens is 1. The van der Waals surface area contributed by atoms with Gasteiger partial charge in [-0.3, -0.25) is 4.79 Å². The average molecular weight is 326 g/mol. The Balaban J connectivity index is 1.79. The van der Waals surface area contributed by atoms with Gasteiger partial charge in [0.2, 0.25) is 0 Å². The number of Topliss-reactive ketones (excluding diaryl/α,β-unsaturated/α-hetero) is 1. The summed E-state index contributed by atoms with van der Waals surface area (Å²) in [5.74, 6) is 0.0502. The second-order valence-electron chi connectivity index (χ2n) is 5.96. The van der Waals surface area contributed by atoms with Gasteiger partial charge in [-0.2, -0.15) is 0 Å². The molecule has 0 aliphatic heterocycles. The highest BCUT2D eigenvalue weighted by Crippen LogP contribution is 2.29. The van der Waals surface area contributed by atoms with Crippen LogP contribution in [-0.2, 0) is 0 Å². The first-order chi connectivity index (χ1) is 12.3. The molecule has 3 aromatic carbocycles. The van der Waals surface area contributed by atoms with Crippen molar-refractivity contribution in [2.24, 2.45) is 0 Å². The Morgan fingerprint density at radius 3 is 2.20 bits per heavy atom. The number of aromatic nitrogens is 1. The quantitative estimate of drug-likeness (QED) is 0.495. The van der Waals surface area contributed by atoms with Crippen molar-refractivity contribution in [3.63, 3.8) is 0 Å². The van der Waals surface area contributed by atoms with Crippen molar-refractivity contribution >= 4 is 22.4 Å². The Hall–Kier alpha value is -3.33. The number of anilines is 1. The first-order valence-corrected chi connectivity index (χ1v) is 8.30. The predicted molar refractivity (Wildman–Crippen MR) is 102 cm³/mol. The molecular formula is C22H18N2O. The second kappa shape index (κ2) is 6.65. The Bertz CT molecular complexity index is 990. The summed E-state index contributed by atoms with van der Waals surface area (Å²) in [5.41, 5.74) is 3.59. The number of nitrogens with one attached hydrogen (secondary N) is 2. The monoisotopic (exact) mass is 326 g/mol. The first kappa shape index (κ1) is 15.2. The summed E-state index contributed by atoms with van der Waals surface area (Å²) in [5, 5.41) is 4.46. The van der Waals surface area contributed by atoms with Crippen LogP contribution in [0.4, 0.5) is 5.69 Å². The topological polar surface area (TPSA) is 44.9 Å². The molecule has 1 atom stereocenters. The minimum atomic E-state index is -0.457. The van der Waals surface area contributed by atoms with Crippen LogP contribution in [0.3, 0.4) is 0 Å². The summed E-state index contributed by atoms with van der Waals surface area (Å²) < 4.78 is 0. The lowest BCUT2D eigenvalue weighted by molar-refractivity contribution is 0.0970. The minimum absolute atomic E-state index is 0.0502. The van der Waals surface area contributed by atoms with E-state index < -0.39 is 6.04 Å². The van der Waals surface area contributed by atoms with E-state index in [1.807, 2.05) is 91.1 Å². The van der Waals surface area contributed by atoms with Gasteiger partial charge >= 0.3 is 0 Å². The normalized spacial score (nSPS) is 12.0. The number of ketones is 1. The van der Waals surface area contributed by atoms with Crippen LogP contribution in [-0.4, -0.2) is 10.8 Å². The zero-order valence-corrected chi connectivity index (χ0v) is 13.6. The molecule has 3 nitrogen and oxygen atoms in total. The Morgan fingerprint density at radius 1 is 0.800 bits per heavy atom. The van der Waals surface area contributed by atoms with Crippen LogP contribution in [0, 0.1) is 0 Å². The summed E-state index contributed by atoms with van der Waals surface area (Å²) in [6, 6.07) is 26.8. The number of hydrogen-bond donors (Lipinski definition) is 2. The number of benzene rings is 3. The van der Waals surface area contributed by atoms with E-state index in [0.717, 1.165) is 22.2 Å². The van der Waals surface area contributed by atoms with Gasteiger partial charge in [-0.15, -0.1) is 0 Å². The van der Waals surface area contributed by atoms with E-state index in [9.17, 15) is 4.79 Å². The van der Waals surface area contributed by atoms with Crippen molar-refractivity contribution in [3.05, 3.63) is 102 Å². The Morgan fingerprint density at radius 2 is 1.44 bits per heavy atom. The van der Waals surface area contributed by atoms with E-state index in [-0.39, 0.29) is 5.78 Å². The molecule has 0 bridgehead atoms. The number of rotatable bonds is 5. The highest BCUT2D eigenvalue weighted by Gasteiger charge is 2.24. The highest BCUT2D eigenvalue weighted by atomic mass is 16.1. The van der Waals surface area contributed by atoms with Gasteiger partial charge in [0.15, 0.2) is 5.78 Å². The molecule has 3 heteroatoms. The molecule has 4 rings (SSSR count). The fourth-order valence-electron chi connectivity index (χ4n) is 3.09. The lowest BCUT2D eigenvalue weighted by atomic mass is 9.96. The fraction of sp³-hybridized carbons (Fsp3) is 0.0455. The molecule has 122 valence electrons. The molecule has 0 amide bonds. The number of aromatic amines is 1. The molecule has 25 heavy (non-hydrogen) atoms. The fourth-order valence-corrected chi connectivity index (χ4v) is 3.09. The Labute approximate surface area is 146 Å². The molecule has 1 heterocycles. The van der Waals surface area contributed by atoms with Gasteiger partial charge in [0.25, 0.3) is 0 Å². The molecule has 0 aliphatic rings. The average Bonchev–Trinajstić information content (AvgIpc) is 3.11. The molecule has 0 aliphatic carbocycles. The number of carbonyl (C=O) groups excluding carboxylic acids is 1. The molecule has 0 saturated heterocycles. The van der Waals surface area contributed by atoms with Gasteiger partial charge in [0.1, 0.15) is 6.04 Å². The van der Waals surface area contributed by atoms with Crippen LogP contribution in [0.25, 0.3) is 10.9 Å². The van der Waals surface area contributed by atoms with E-state index >= 15 is 0 Å². The van der Waals surface area contributed by atoms with E-state index in [2.05, 4.69) is 10.3 Å². The number of hydrogen-bond acceptors (Lipinski definition) is 2. The SMILES string of the molecule is O=C(c1ccccc1)C(Nc1ccccc1)c1c[nH]c2ccccc12. The van der Waals surface area contributed by atoms with Crippen LogP contribution in [0.1, 0.15) is 22.0 Å². The van der Waals surface area contributed by atoms with Crippen molar-refractivity contribution in [2.45, 2.75) is 6.04 Å². The maximum absolute atomic E-state index is 13.2. The molecule has 1 unspecified atom stereocenters. The lowest BCUT2D eigenvalue weighted by Crippen LogP contribution is -2.21. The van der Waals surface area contributed by atoms with Crippen LogP contribution in [0.5, 0.6) is 0 Å². The minimum Gasteiger partial charge on any atom is -0.371 e. The summed E-state index contributed by atoms with van der Waals surface area (Å²) in [7, 11) is 0. The zero-order valence-electron chi connectivity index (χ0n) is 13.6. The molecule has 0 radical (unpaired) electrons. The molecular weight excluding hydrogens is 308 g/mol. The molecule has 4 aromatic rings. The third kappa shape index (κ3) is 3.04. The molecule has 0 spiro atoms. The van der Waals surface area contributed by atoms with Gasteiger partial charge in [0.05, 0.1) is 0 Å². The maximum atomic E-state index is 13.2. The first-order valence-electron chi connectivity index (χ1n) is 8.30. The van der Waals surface area contributed by atoms with Gasteiger partial charge < -0.3 is 10.3 Å². The number of para-hydroxylation sites is 2. The highest BCUT2D eigenvalue weighted by molar-refractivity contribution is 6.04. The molecule has 0 saturated carbocycles. The van der Waals surface area contributed by atoms with E-state index in [4.69, 9.17) is 0 Å². The van der Waals surface area contributed by atoms with Gasteiger partial charge in [-0.25, -0.2) is 0 Å². The molecule has 2 N–H and O–H groups in total. The third-order valence-electron chi connectivity index (χ3n) is 4.34. The summed E-state index contributed by atoms with van der Waals surface area (Å²) in [6.45, 7) is 0. The van der Waals surface area contributed by atoms with Crippen molar-refractivity contribution in [2.75, 3.05) is 5.32 Å². The van der Waals surface area contributed by atoms with Gasteiger partial charge in [-0.1, -0.05) is 66.7 Å². The van der Waals surface area contributed by atoms with Crippen LogP contribution < -0.4 is 5.32 Å². The summed E-state index contributed by atoms with van der Waals surface area (Å²) in [6.07, 6.45) is 1.92.